The Morgan fingerprint density at radius 3 is 2.58 bits per heavy atom. The molecule has 0 unspecified atom stereocenters. The van der Waals surface area contributed by atoms with Gasteiger partial charge < -0.3 is 9.64 Å². The van der Waals surface area contributed by atoms with Crippen molar-refractivity contribution in [3.05, 3.63) is 29.8 Å². The molecule has 2 rings (SSSR count). The van der Waals surface area contributed by atoms with E-state index in [-0.39, 0.29) is 43.2 Å². The molecule has 1 saturated heterocycles. The van der Waals surface area contributed by atoms with E-state index in [1.165, 1.54) is 37.1 Å². The van der Waals surface area contributed by atoms with Crippen LogP contribution in [-0.4, -0.2) is 48.3 Å². The molecule has 1 atom stereocenters. The van der Waals surface area contributed by atoms with Gasteiger partial charge in [0.1, 0.15) is 0 Å². The molecule has 136 valence electrons. The third-order valence-electron chi connectivity index (χ3n) is 3.96. The van der Waals surface area contributed by atoms with Crippen LogP contribution in [0.25, 0.3) is 0 Å². The fourth-order valence-corrected chi connectivity index (χ4v) is 2.55. The highest BCUT2D eigenvalue weighted by Gasteiger charge is 2.31. The minimum atomic E-state index is -1.02. The number of carbonyl (C=O) groups excluding carboxylic acids is 4. The molecule has 1 aromatic rings. The number of ether oxygens (including phenoxy) is 1. The van der Waals surface area contributed by atoms with E-state index in [9.17, 15) is 19.2 Å². The normalized spacial score (nSPS) is 14.7. The Labute approximate surface area is 150 Å². The summed E-state index contributed by atoms with van der Waals surface area (Å²) in [5.74, 6) is -1.79. The Bertz CT molecular complexity index is 767. The van der Waals surface area contributed by atoms with Gasteiger partial charge in [-0.1, -0.05) is 6.07 Å². The molecule has 0 aromatic heterocycles. The third-order valence-corrected chi connectivity index (χ3v) is 3.96. The van der Waals surface area contributed by atoms with Gasteiger partial charge in [-0.15, -0.1) is 0 Å². The van der Waals surface area contributed by atoms with Gasteiger partial charge in [-0.25, -0.2) is 4.79 Å². The lowest BCUT2D eigenvalue weighted by Crippen LogP contribution is -2.38. The first-order valence-electron chi connectivity index (χ1n) is 8.14. The number of anilines is 1. The number of carbonyl (C=O) groups is 4. The largest absolute Gasteiger partial charge is 0.449 e. The second-order valence-corrected chi connectivity index (χ2v) is 5.89. The maximum Gasteiger partial charge on any atom is 0.338 e. The Morgan fingerprint density at radius 2 is 1.96 bits per heavy atom. The molecule has 0 bridgehead atoms. The smallest absolute Gasteiger partial charge is 0.338 e. The van der Waals surface area contributed by atoms with Crippen LogP contribution in [-0.2, 0) is 19.1 Å². The van der Waals surface area contributed by atoms with Crippen LogP contribution in [0.3, 0.4) is 0 Å². The Hall–Kier alpha value is -3.21. The van der Waals surface area contributed by atoms with E-state index in [2.05, 4.69) is 0 Å². The van der Waals surface area contributed by atoms with E-state index in [1.54, 1.807) is 6.07 Å². The lowest BCUT2D eigenvalue weighted by Gasteiger charge is -2.20. The summed E-state index contributed by atoms with van der Waals surface area (Å²) in [5.41, 5.74) is 0.436. The van der Waals surface area contributed by atoms with Crippen LogP contribution in [0.2, 0.25) is 0 Å². The monoisotopic (exact) mass is 357 g/mol. The quantitative estimate of drug-likeness (QED) is 0.560. The van der Waals surface area contributed by atoms with Gasteiger partial charge in [-0.3, -0.25) is 19.3 Å². The topological polar surface area (TPSA) is 108 Å². The van der Waals surface area contributed by atoms with Crippen molar-refractivity contribution < 1.29 is 23.9 Å². The second-order valence-electron chi connectivity index (χ2n) is 5.89. The summed E-state index contributed by atoms with van der Waals surface area (Å²) >= 11 is 0. The van der Waals surface area contributed by atoms with Crippen molar-refractivity contribution in [2.45, 2.75) is 32.3 Å². The van der Waals surface area contributed by atoms with Gasteiger partial charge in [0.15, 0.2) is 6.10 Å². The van der Waals surface area contributed by atoms with Crippen molar-refractivity contribution in [2.24, 2.45) is 0 Å². The van der Waals surface area contributed by atoms with Crippen molar-refractivity contribution in [1.29, 1.82) is 5.26 Å². The summed E-state index contributed by atoms with van der Waals surface area (Å²) in [6.07, 6.45) is -0.546. The summed E-state index contributed by atoms with van der Waals surface area (Å²) in [6.45, 7) is 1.69. The van der Waals surface area contributed by atoms with Crippen molar-refractivity contribution in [3.63, 3.8) is 0 Å². The highest BCUT2D eigenvalue weighted by Crippen LogP contribution is 2.23. The second kappa shape index (κ2) is 8.25. The SMILES string of the molecule is C[C@H](OC(=O)c1cccc(N2C(=O)CCC2=O)c1)C(=O)N(C)CCC#N. The molecule has 0 radical (unpaired) electrons. The molecule has 3 amide bonds. The van der Waals surface area contributed by atoms with Crippen molar-refractivity contribution in [1.82, 2.24) is 4.90 Å². The molecule has 26 heavy (non-hydrogen) atoms. The van der Waals surface area contributed by atoms with E-state index in [1.807, 2.05) is 6.07 Å². The number of benzene rings is 1. The number of imide groups is 1. The molecule has 0 spiro atoms. The average molecular weight is 357 g/mol. The number of esters is 1. The maximum atomic E-state index is 12.3. The molecule has 8 nitrogen and oxygen atoms in total. The standard InChI is InChI=1S/C18H19N3O5/c1-12(17(24)20(2)10-4-9-19)26-18(25)13-5-3-6-14(11-13)21-15(22)7-8-16(21)23/h3,5-6,11-12H,4,7-8,10H2,1-2H3/t12-/m0/s1. The Balaban J connectivity index is 2.07. The highest BCUT2D eigenvalue weighted by atomic mass is 16.5. The summed E-state index contributed by atoms with van der Waals surface area (Å²) < 4.78 is 5.17. The number of nitrogens with zero attached hydrogens (tertiary/aromatic N) is 3. The number of hydrogen-bond donors (Lipinski definition) is 0. The van der Waals surface area contributed by atoms with Gasteiger partial charge in [0, 0.05) is 26.4 Å². The van der Waals surface area contributed by atoms with Crippen LogP contribution < -0.4 is 4.90 Å². The molecule has 1 aromatic carbocycles. The van der Waals surface area contributed by atoms with Crippen LogP contribution in [0.1, 0.15) is 36.5 Å². The molecule has 0 N–H and O–H groups in total. The first-order chi connectivity index (χ1) is 12.3. The van der Waals surface area contributed by atoms with Crippen LogP contribution in [0.4, 0.5) is 5.69 Å². The van der Waals surface area contributed by atoms with Crippen LogP contribution in [0.15, 0.2) is 24.3 Å². The van der Waals surface area contributed by atoms with Crippen molar-refractivity contribution in [2.75, 3.05) is 18.5 Å². The molecule has 0 saturated carbocycles. The first kappa shape index (κ1) is 19.1. The van der Waals surface area contributed by atoms with Gasteiger partial charge in [0.05, 0.1) is 23.7 Å². The molecule has 1 heterocycles. The fraction of sp³-hybridized carbons (Fsp3) is 0.389. The zero-order chi connectivity index (χ0) is 19.3. The summed E-state index contributed by atoms with van der Waals surface area (Å²) in [5, 5.41) is 8.56. The van der Waals surface area contributed by atoms with Crippen molar-refractivity contribution in [3.8, 4) is 6.07 Å². The molecule has 1 aliphatic rings. The van der Waals surface area contributed by atoms with E-state index in [4.69, 9.17) is 10.00 Å². The van der Waals surface area contributed by atoms with Gasteiger partial charge in [-0.05, 0) is 25.1 Å². The molecule has 8 heteroatoms. The number of likely N-dealkylation sites (N-methyl/N-ethyl adjacent to an activating group) is 1. The van der Waals surface area contributed by atoms with E-state index >= 15 is 0 Å². The predicted octanol–water partition coefficient (Wildman–Crippen LogP) is 1.26. The number of nitriles is 1. The lowest BCUT2D eigenvalue weighted by atomic mass is 10.2. The first-order valence-corrected chi connectivity index (χ1v) is 8.14. The van der Waals surface area contributed by atoms with E-state index in [0.717, 1.165) is 4.90 Å². The Morgan fingerprint density at radius 1 is 1.31 bits per heavy atom. The molecular formula is C18H19N3O5. The predicted molar refractivity (Wildman–Crippen MR) is 90.9 cm³/mol. The van der Waals surface area contributed by atoms with E-state index in [0.29, 0.717) is 5.69 Å². The fourth-order valence-electron chi connectivity index (χ4n) is 2.55. The van der Waals surface area contributed by atoms with E-state index < -0.39 is 18.0 Å². The average Bonchev–Trinajstić information content (AvgIpc) is 2.97. The molecule has 1 aliphatic heterocycles. The number of hydrogen-bond acceptors (Lipinski definition) is 6. The van der Waals surface area contributed by atoms with Gasteiger partial charge in [-0.2, -0.15) is 5.26 Å². The zero-order valence-electron chi connectivity index (χ0n) is 14.6. The third kappa shape index (κ3) is 4.25. The highest BCUT2D eigenvalue weighted by molar-refractivity contribution is 6.20. The van der Waals surface area contributed by atoms with Crippen LogP contribution >= 0.6 is 0 Å². The maximum absolute atomic E-state index is 12.3. The van der Waals surface area contributed by atoms with Crippen LogP contribution in [0, 0.1) is 11.3 Å². The molecular weight excluding hydrogens is 338 g/mol. The summed E-state index contributed by atoms with van der Waals surface area (Å²) in [4.78, 5) is 50.4. The minimum absolute atomic E-state index is 0.134. The lowest BCUT2D eigenvalue weighted by molar-refractivity contribution is -0.138. The number of rotatable bonds is 6. The van der Waals surface area contributed by atoms with Gasteiger partial charge in [0.25, 0.3) is 5.91 Å². The minimum Gasteiger partial charge on any atom is -0.449 e. The van der Waals surface area contributed by atoms with Gasteiger partial charge in [0.2, 0.25) is 11.8 Å². The zero-order valence-corrected chi connectivity index (χ0v) is 14.6. The number of amides is 3. The van der Waals surface area contributed by atoms with Crippen molar-refractivity contribution >= 4 is 29.4 Å². The summed E-state index contributed by atoms with van der Waals surface area (Å²) in [6, 6.07) is 7.90. The summed E-state index contributed by atoms with van der Waals surface area (Å²) in [7, 11) is 1.52. The van der Waals surface area contributed by atoms with Gasteiger partial charge >= 0.3 is 5.97 Å². The molecule has 1 fully saturated rings. The van der Waals surface area contributed by atoms with Crippen LogP contribution in [0.5, 0.6) is 0 Å². The Kier molecular flexibility index (Phi) is 6.07. The molecule has 0 aliphatic carbocycles.